The monoisotopic (exact) mass is 844 g/mol. The Labute approximate surface area is 363 Å². The lowest BCUT2D eigenvalue weighted by Crippen LogP contribution is -2.60. The molecule has 1 N–H and O–H groups in total. The molecule has 2 aromatic heterocycles. The van der Waals surface area contributed by atoms with Gasteiger partial charge in [-0.15, -0.1) is 0 Å². The Bertz CT molecular complexity index is 2380. The molecule has 4 aromatic rings. The number of carbonyl (C=O) groups excluding carboxylic acids is 3. The van der Waals surface area contributed by atoms with E-state index < -0.39 is 0 Å². The minimum Gasteiger partial charge on any atom is -0.496 e. The zero-order chi connectivity index (χ0) is 43.1. The van der Waals surface area contributed by atoms with E-state index in [1.807, 2.05) is 30.3 Å². The van der Waals surface area contributed by atoms with E-state index in [1.165, 1.54) is 12.8 Å². The van der Waals surface area contributed by atoms with Crippen LogP contribution in [0.1, 0.15) is 66.4 Å². The van der Waals surface area contributed by atoms with Crippen LogP contribution in [0.15, 0.2) is 53.6 Å². The number of imide groups is 1. The number of pyridine rings is 2. The summed E-state index contributed by atoms with van der Waals surface area (Å²) in [7, 11) is 7.10. The maximum absolute atomic E-state index is 13.1. The number of aryl methyl sites for hydroxylation is 1. The number of piperidine rings is 3. The second-order valence-electron chi connectivity index (χ2n) is 18.5. The molecule has 7 heterocycles. The van der Waals surface area contributed by atoms with Gasteiger partial charge in [0, 0.05) is 99.3 Å². The summed E-state index contributed by atoms with van der Waals surface area (Å²) >= 11 is 0. The first kappa shape index (κ1) is 42.0. The molecule has 1 unspecified atom stereocenters. The number of rotatable bonds is 13. The van der Waals surface area contributed by atoms with Crippen molar-refractivity contribution in [3.63, 3.8) is 0 Å². The summed E-state index contributed by atoms with van der Waals surface area (Å²) in [6, 6.07) is 12.0. The van der Waals surface area contributed by atoms with Crippen molar-refractivity contribution >= 4 is 40.4 Å². The third-order valence-electron chi connectivity index (χ3n) is 14.5. The van der Waals surface area contributed by atoms with Crippen LogP contribution in [0.3, 0.4) is 0 Å². The third-order valence-corrected chi connectivity index (χ3v) is 14.5. The van der Waals surface area contributed by atoms with E-state index in [4.69, 9.17) is 9.47 Å². The van der Waals surface area contributed by atoms with Crippen LogP contribution >= 0.6 is 0 Å². The van der Waals surface area contributed by atoms with Crippen molar-refractivity contribution in [3.05, 3.63) is 75.8 Å². The smallest absolute Gasteiger partial charge is 0.259 e. The number of hydrogen-bond acceptors (Lipinski definition) is 12. The Balaban J connectivity index is 0.771. The van der Waals surface area contributed by atoms with Gasteiger partial charge in [-0.1, -0.05) is 6.07 Å². The highest BCUT2D eigenvalue weighted by Gasteiger charge is 2.45. The molecule has 1 atom stereocenters. The number of nitrogens with zero attached hydrogens (tertiary/aromatic N) is 7. The maximum atomic E-state index is 13.1. The molecule has 0 radical (unpaired) electrons. The SMILES string of the molecule is COc1cc(-c2cn(C)c(=O)c3cnc(N4CCC4)cc23)cc(OC)c1CN1CCC(CN2CCC3(CC2)CN(c2ccc(CN(C)C4CCC(=O)NC4=O)c(C=O)c2)C3)CC1. The van der Waals surface area contributed by atoms with Gasteiger partial charge in [-0.25, -0.2) is 4.98 Å². The number of aldehydes is 1. The van der Waals surface area contributed by atoms with Crippen molar-refractivity contribution in [1.82, 2.24) is 29.6 Å². The molecule has 14 heteroatoms. The number of nitrogens with one attached hydrogen (secondary N) is 1. The van der Waals surface area contributed by atoms with Gasteiger partial charge in [-0.2, -0.15) is 0 Å². The van der Waals surface area contributed by atoms with Gasteiger partial charge >= 0.3 is 0 Å². The molecule has 5 aliphatic heterocycles. The van der Waals surface area contributed by atoms with Crippen molar-refractivity contribution in [2.45, 2.75) is 64.1 Å². The van der Waals surface area contributed by atoms with E-state index in [0.29, 0.717) is 41.7 Å². The quantitative estimate of drug-likeness (QED) is 0.148. The average Bonchev–Trinajstić information content (AvgIpc) is 3.24. The summed E-state index contributed by atoms with van der Waals surface area (Å²) < 4.78 is 13.7. The number of anilines is 2. The molecular formula is C48H60N8O6. The second-order valence-corrected chi connectivity index (χ2v) is 18.5. The minimum atomic E-state index is -0.379. The lowest BCUT2D eigenvalue weighted by Gasteiger charge is -2.55. The molecule has 14 nitrogen and oxygen atoms in total. The largest absolute Gasteiger partial charge is 0.496 e. The van der Waals surface area contributed by atoms with Gasteiger partial charge in [-0.3, -0.25) is 34.3 Å². The molecule has 5 aliphatic rings. The first-order valence-electron chi connectivity index (χ1n) is 22.3. The molecule has 0 saturated carbocycles. The van der Waals surface area contributed by atoms with E-state index >= 15 is 0 Å². The molecule has 62 heavy (non-hydrogen) atoms. The third kappa shape index (κ3) is 8.32. The number of likely N-dealkylation sites (N-methyl/N-ethyl adjacent to an activating group) is 1. The van der Waals surface area contributed by atoms with E-state index in [2.05, 4.69) is 54.2 Å². The fraction of sp³-hybridized carbons (Fsp3) is 0.521. The number of fused-ring (bicyclic) bond motifs is 1. The van der Waals surface area contributed by atoms with Crippen LogP contribution in [0, 0.1) is 11.3 Å². The van der Waals surface area contributed by atoms with Crippen LogP contribution in [0.2, 0.25) is 0 Å². The van der Waals surface area contributed by atoms with Crippen LogP contribution in [-0.4, -0.2) is 129 Å². The number of likely N-dealkylation sites (tertiary alicyclic amines) is 2. The summed E-state index contributed by atoms with van der Waals surface area (Å²) in [6.07, 6.45) is 11.2. The highest BCUT2D eigenvalue weighted by molar-refractivity contribution is 6.00. The van der Waals surface area contributed by atoms with E-state index in [0.717, 1.165) is 142 Å². The Morgan fingerprint density at radius 1 is 0.887 bits per heavy atom. The predicted octanol–water partition coefficient (Wildman–Crippen LogP) is 4.69. The van der Waals surface area contributed by atoms with E-state index in [1.54, 1.807) is 32.0 Å². The number of aromatic nitrogens is 2. The topological polar surface area (TPSA) is 133 Å². The number of hydrogen-bond donors (Lipinski definition) is 1. The summed E-state index contributed by atoms with van der Waals surface area (Å²) in [5, 5.41) is 3.91. The molecule has 2 amide bonds. The number of benzene rings is 2. The van der Waals surface area contributed by atoms with Gasteiger partial charge in [0.25, 0.3) is 5.56 Å². The molecule has 328 valence electrons. The first-order chi connectivity index (χ1) is 30.0. The Morgan fingerprint density at radius 2 is 1.61 bits per heavy atom. The summed E-state index contributed by atoms with van der Waals surface area (Å²) in [5.74, 6) is 2.65. The van der Waals surface area contributed by atoms with Crippen LogP contribution in [-0.2, 0) is 29.7 Å². The number of ether oxygens (including phenoxy) is 2. The van der Waals surface area contributed by atoms with Gasteiger partial charge in [0.05, 0.1) is 31.2 Å². The highest BCUT2D eigenvalue weighted by Crippen LogP contribution is 2.44. The normalized spacial score (nSPS) is 21.0. The summed E-state index contributed by atoms with van der Waals surface area (Å²) in [5.41, 5.74) is 5.82. The number of methoxy groups -OCH3 is 2. The minimum absolute atomic E-state index is 0.0640. The number of amides is 2. The molecule has 2 aromatic carbocycles. The standard InChI is InChI=1S/C48H60N8O6/c1-51(41-8-9-45(58)50-46(41)59)26-33-6-7-36(20-35(33)29-57)56-30-48(31-56)12-18-54(19-13-48)25-32-10-16-53(17-11-32)28-40-42(61-3)21-34(22-43(40)62-4)39-27-52(2)47(60)38-24-49-44(23-37(38)39)55-14-5-15-55/h6-7,20-24,27,29,32,41H,5,8-19,25-26,28,30-31H2,1-4H3,(H,50,58,59). The van der Waals surface area contributed by atoms with Gasteiger partial charge in [-0.05, 0) is 119 Å². The van der Waals surface area contributed by atoms with Crippen molar-refractivity contribution < 1.29 is 23.9 Å². The van der Waals surface area contributed by atoms with Gasteiger partial charge in [0.2, 0.25) is 11.8 Å². The fourth-order valence-corrected chi connectivity index (χ4v) is 10.5. The highest BCUT2D eigenvalue weighted by atomic mass is 16.5. The first-order valence-corrected chi connectivity index (χ1v) is 22.3. The van der Waals surface area contributed by atoms with Crippen LogP contribution < -0.4 is 30.1 Å². The van der Waals surface area contributed by atoms with Crippen molar-refractivity contribution in [1.29, 1.82) is 0 Å². The van der Waals surface area contributed by atoms with E-state index in [9.17, 15) is 19.2 Å². The average molecular weight is 845 g/mol. The molecule has 5 saturated heterocycles. The number of carbonyl (C=O) groups is 3. The van der Waals surface area contributed by atoms with Crippen LogP contribution in [0.25, 0.3) is 21.9 Å². The molecule has 1 spiro atoms. The molecule has 5 fully saturated rings. The van der Waals surface area contributed by atoms with Gasteiger partial charge in [0.15, 0.2) is 0 Å². The molecular weight excluding hydrogens is 785 g/mol. The fourth-order valence-electron chi connectivity index (χ4n) is 10.5. The van der Waals surface area contributed by atoms with Crippen molar-refractivity contribution in [2.24, 2.45) is 18.4 Å². The molecule has 0 aliphatic carbocycles. The molecule has 9 rings (SSSR count). The van der Waals surface area contributed by atoms with E-state index in [-0.39, 0.29) is 23.4 Å². The van der Waals surface area contributed by atoms with Crippen LogP contribution in [0.4, 0.5) is 11.5 Å². The second kappa shape index (κ2) is 17.5. The zero-order valence-electron chi connectivity index (χ0n) is 36.7. The Kier molecular flexibility index (Phi) is 11.8. The summed E-state index contributed by atoms with van der Waals surface area (Å²) in [4.78, 5) is 65.7. The Morgan fingerprint density at radius 3 is 2.26 bits per heavy atom. The lowest BCUT2D eigenvalue weighted by molar-refractivity contribution is -0.137. The molecule has 0 bridgehead atoms. The summed E-state index contributed by atoms with van der Waals surface area (Å²) in [6.45, 7) is 10.6. The van der Waals surface area contributed by atoms with Crippen LogP contribution in [0.5, 0.6) is 11.5 Å². The predicted molar refractivity (Wildman–Crippen MR) is 240 cm³/mol. The zero-order valence-corrected chi connectivity index (χ0v) is 36.7. The van der Waals surface area contributed by atoms with Crippen molar-refractivity contribution in [2.75, 3.05) is 90.0 Å². The lowest BCUT2D eigenvalue weighted by atomic mass is 9.71. The van der Waals surface area contributed by atoms with Gasteiger partial charge < -0.3 is 28.7 Å². The van der Waals surface area contributed by atoms with Gasteiger partial charge in [0.1, 0.15) is 23.6 Å². The maximum Gasteiger partial charge on any atom is 0.259 e. The Hall–Kier alpha value is -5.31. The van der Waals surface area contributed by atoms with Crippen molar-refractivity contribution in [3.8, 4) is 22.6 Å².